The molecule has 2 heterocycles. The van der Waals surface area contributed by atoms with Gasteiger partial charge in [0.25, 0.3) is 5.91 Å². The Bertz CT molecular complexity index is 445. The van der Waals surface area contributed by atoms with Crippen LogP contribution in [0.5, 0.6) is 0 Å². The minimum atomic E-state index is -0.105. The van der Waals surface area contributed by atoms with E-state index in [4.69, 9.17) is 4.74 Å². The zero-order valence-electron chi connectivity index (χ0n) is 12.7. The summed E-state index contributed by atoms with van der Waals surface area (Å²) in [5.74, 6) is -0.105. The number of nitrogens with zero attached hydrogens (tertiary/aromatic N) is 1. The van der Waals surface area contributed by atoms with Crippen LogP contribution in [0.2, 0.25) is 0 Å². The molecule has 1 amide bonds. The first-order chi connectivity index (χ1) is 10.3. The van der Waals surface area contributed by atoms with Crippen molar-refractivity contribution < 1.29 is 9.53 Å². The number of rotatable bonds is 8. The predicted octanol–water partition coefficient (Wildman–Crippen LogP) is 2.59. The average molecular weight is 291 g/mol. The van der Waals surface area contributed by atoms with Crippen molar-refractivity contribution in [2.45, 2.75) is 45.1 Å². The van der Waals surface area contributed by atoms with Gasteiger partial charge in [0.1, 0.15) is 5.69 Å². The predicted molar refractivity (Wildman–Crippen MR) is 83.6 cm³/mol. The molecule has 0 aromatic carbocycles. The smallest absolute Gasteiger partial charge is 0.269 e. The second kappa shape index (κ2) is 8.62. The molecule has 0 radical (unpaired) electrons. The van der Waals surface area contributed by atoms with Gasteiger partial charge in [-0.1, -0.05) is 19.8 Å². The normalized spacial score (nSPS) is 17.7. The number of pyridine rings is 1. The lowest BCUT2D eigenvalue weighted by molar-refractivity contribution is 0.0948. The third-order valence-corrected chi connectivity index (χ3v) is 3.62. The molecule has 1 aliphatic heterocycles. The summed E-state index contributed by atoms with van der Waals surface area (Å²) in [6.45, 7) is 4.49. The van der Waals surface area contributed by atoms with E-state index in [-0.39, 0.29) is 12.0 Å². The minimum absolute atomic E-state index is 0.105. The lowest BCUT2D eigenvalue weighted by atomic mass is 10.2. The number of ether oxygens (including phenoxy) is 1. The first-order valence-electron chi connectivity index (χ1n) is 7.89. The van der Waals surface area contributed by atoms with Crippen LogP contribution in [0.4, 0.5) is 5.69 Å². The van der Waals surface area contributed by atoms with Crippen LogP contribution in [0, 0.1) is 0 Å². The molecule has 1 saturated heterocycles. The molecule has 5 heteroatoms. The van der Waals surface area contributed by atoms with Gasteiger partial charge in [0.05, 0.1) is 6.10 Å². The zero-order chi connectivity index (χ0) is 14.9. The average Bonchev–Trinajstić information content (AvgIpc) is 3.03. The Morgan fingerprint density at radius 2 is 2.38 bits per heavy atom. The Kier molecular flexibility index (Phi) is 6.47. The van der Waals surface area contributed by atoms with Gasteiger partial charge >= 0.3 is 0 Å². The van der Waals surface area contributed by atoms with E-state index in [9.17, 15) is 4.79 Å². The van der Waals surface area contributed by atoms with E-state index in [0.717, 1.165) is 50.9 Å². The van der Waals surface area contributed by atoms with E-state index in [1.165, 1.54) is 0 Å². The summed E-state index contributed by atoms with van der Waals surface area (Å²) in [6.07, 6.45) is 7.48. The highest BCUT2D eigenvalue weighted by atomic mass is 16.5. The highest BCUT2D eigenvalue weighted by Gasteiger charge is 2.15. The van der Waals surface area contributed by atoms with Crippen molar-refractivity contribution in [1.29, 1.82) is 0 Å². The molecule has 2 rings (SSSR count). The van der Waals surface area contributed by atoms with Gasteiger partial charge < -0.3 is 15.4 Å². The van der Waals surface area contributed by atoms with Crippen molar-refractivity contribution in [2.24, 2.45) is 0 Å². The fourth-order valence-corrected chi connectivity index (χ4v) is 2.37. The van der Waals surface area contributed by atoms with Crippen molar-refractivity contribution >= 4 is 11.6 Å². The van der Waals surface area contributed by atoms with E-state index < -0.39 is 0 Å². The van der Waals surface area contributed by atoms with Gasteiger partial charge in [-0.15, -0.1) is 0 Å². The largest absolute Gasteiger partial charge is 0.382 e. The van der Waals surface area contributed by atoms with Gasteiger partial charge in [-0.3, -0.25) is 9.78 Å². The number of anilines is 1. The Hall–Kier alpha value is -1.62. The number of carbonyl (C=O) groups excluding carboxylic acids is 1. The summed E-state index contributed by atoms with van der Waals surface area (Å²) in [5, 5.41) is 6.22. The highest BCUT2D eigenvalue weighted by molar-refractivity contribution is 5.93. The molecule has 0 bridgehead atoms. The van der Waals surface area contributed by atoms with Gasteiger partial charge in [-0.25, -0.2) is 0 Å². The topological polar surface area (TPSA) is 63.2 Å². The van der Waals surface area contributed by atoms with Crippen LogP contribution in [0.1, 0.15) is 49.5 Å². The Labute approximate surface area is 126 Å². The standard InChI is InChI=1S/C16H25N3O2/c1-2-3-4-8-18-16(20)15-11-13(7-9-17-15)19-12-14-6-5-10-21-14/h7,9,11,14H,2-6,8,10,12H2,1H3,(H,17,19)(H,18,20). The second-order valence-corrected chi connectivity index (χ2v) is 5.41. The van der Waals surface area contributed by atoms with Crippen molar-refractivity contribution in [3.63, 3.8) is 0 Å². The Balaban J connectivity index is 1.80. The number of aromatic nitrogens is 1. The highest BCUT2D eigenvalue weighted by Crippen LogP contribution is 2.14. The van der Waals surface area contributed by atoms with Gasteiger partial charge in [0, 0.05) is 31.6 Å². The Morgan fingerprint density at radius 1 is 1.48 bits per heavy atom. The molecule has 1 unspecified atom stereocenters. The molecular weight excluding hydrogens is 266 g/mol. The maximum atomic E-state index is 12.0. The van der Waals surface area contributed by atoms with Gasteiger partial charge in [0.2, 0.25) is 0 Å². The second-order valence-electron chi connectivity index (χ2n) is 5.41. The molecule has 0 saturated carbocycles. The lowest BCUT2D eigenvalue weighted by Crippen LogP contribution is -2.25. The van der Waals surface area contributed by atoms with E-state index in [1.807, 2.05) is 6.07 Å². The first-order valence-corrected chi connectivity index (χ1v) is 7.89. The van der Waals surface area contributed by atoms with Crippen LogP contribution < -0.4 is 10.6 Å². The van der Waals surface area contributed by atoms with E-state index in [1.54, 1.807) is 12.3 Å². The van der Waals surface area contributed by atoms with E-state index in [0.29, 0.717) is 12.2 Å². The summed E-state index contributed by atoms with van der Waals surface area (Å²) in [6, 6.07) is 3.67. The Morgan fingerprint density at radius 3 is 3.14 bits per heavy atom. The fraction of sp³-hybridized carbons (Fsp3) is 0.625. The number of amides is 1. The van der Waals surface area contributed by atoms with E-state index >= 15 is 0 Å². The SMILES string of the molecule is CCCCCNC(=O)c1cc(NCC2CCCO2)ccn1. The molecule has 21 heavy (non-hydrogen) atoms. The molecule has 1 aromatic heterocycles. The molecular formula is C16H25N3O2. The maximum absolute atomic E-state index is 12.0. The molecule has 0 spiro atoms. The van der Waals surface area contributed by atoms with Crippen LogP contribution in [-0.2, 0) is 4.74 Å². The first kappa shape index (κ1) is 15.8. The number of nitrogens with one attached hydrogen (secondary N) is 2. The molecule has 1 fully saturated rings. The van der Waals surface area contributed by atoms with Crippen molar-refractivity contribution in [1.82, 2.24) is 10.3 Å². The molecule has 5 nitrogen and oxygen atoms in total. The molecule has 0 aliphatic carbocycles. The van der Waals surface area contributed by atoms with Crippen LogP contribution in [0.25, 0.3) is 0 Å². The summed E-state index contributed by atoms with van der Waals surface area (Å²) in [5.41, 5.74) is 1.38. The zero-order valence-corrected chi connectivity index (χ0v) is 12.7. The van der Waals surface area contributed by atoms with Crippen molar-refractivity contribution in [3.8, 4) is 0 Å². The molecule has 116 valence electrons. The molecule has 2 N–H and O–H groups in total. The summed E-state index contributed by atoms with van der Waals surface area (Å²) in [7, 11) is 0. The fourth-order valence-electron chi connectivity index (χ4n) is 2.37. The quantitative estimate of drug-likeness (QED) is 0.723. The molecule has 1 atom stereocenters. The summed E-state index contributed by atoms with van der Waals surface area (Å²) in [4.78, 5) is 16.1. The minimum Gasteiger partial charge on any atom is -0.382 e. The summed E-state index contributed by atoms with van der Waals surface area (Å²) < 4.78 is 5.57. The monoisotopic (exact) mass is 291 g/mol. The third-order valence-electron chi connectivity index (χ3n) is 3.62. The van der Waals surface area contributed by atoms with Crippen LogP contribution in [0.15, 0.2) is 18.3 Å². The van der Waals surface area contributed by atoms with E-state index in [2.05, 4.69) is 22.5 Å². The number of hydrogen-bond acceptors (Lipinski definition) is 4. The van der Waals surface area contributed by atoms with Crippen molar-refractivity contribution in [2.75, 3.05) is 25.0 Å². The van der Waals surface area contributed by atoms with Crippen LogP contribution in [0.3, 0.4) is 0 Å². The van der Waals surface area contributed by atoms with Crippen LogP contribution >= 0.6 is 0 Å². The van der Waals surface area contributed by atoms with Gasteiger partial charge in [-0.05, 0) is 31.4 Å². The maximum Gasteiger partial charge on any atom is 0.269 e. The molecule has 1 aliphatic rings. The number of carbonyl (C=O) groups is 1. The van der Waals surface area contributed by atoms with Gasteiger partial charge in [0.15, 0.2) is 0 Å². The number of hydrogen-bond donors (Lipinski definition) is 2. The molecule has 1 aromatic rings. The third kappa shape index (κ3) is 5.34. The number of unbranched alkanes of at least 4 members (excludes halogenated alkanes) is 2. The summed E-state index contributed by atoms with van der Waals surface area (Å²) >= 11 is 0. The lowest BCUT2D eigenvalue weighted by Gasteiger charge is -2.12. The van der Waals surface area contributed by atoms with Crippen molar-refractivity contribution in [3.05, 3.63) is 24.0 Å². The van der Waals surface area contributed by atoms with Gasteiger partial charge in [-0.2, -0.15) is 0 Å². The van der Waals surface area contributed by atoms with Crippen LogP contribution in [-0.4, -0.2) is 36.7 Å².